The maximum atomic E-state index is 11.9. The topological polar surface area (TPSA) is 79.5 Å². The van der Waals surface area contributed by atoms with Crippen LogP contribution in [0.25, 0.3) is 0 Å². The molecule has 0 bridgehead atoms. The van der Waals surface area contributed by atoms with Crippen LogP contribution >= 0.6 is 31.9 Å². The third-order valence-corrected chi connectivity index (χ3v) is 3.60. The lowest BCUT2D eigenvalue weighted by Crippen LogP contribution is -2.12. The molecule has 0 saturated heterocycles. The van der Waals surface area contributed by atoms with Gasteiger partial charge >= 0.3 is 5.97 Å². The number of furan rings is 1. The van der Waals surface area contributed by atoms with Crippen molar-refractivity contribution in [1.29, 1.82) is 0 Å². The van der Waals surface area contributed by atoms with Crippen molar-refractivity contribution in [1.82, 2.24) is 0 Å². The van der Waals surface area contributed by atoms with Crippen molar-refractivity contribution in [2.24, 2.45) is 0 Å². The van der Waals surface area contributed by atoms with Crippen LogP contribution in [0, 0.1) is 0 Å². The van der Waals surface area contributed by atoms with E-state index in [0.717, 1.165) is 0 Å². The Kier molecular flexibility index (Phi) is 4.06. The number of anilines is 1. The van der Waals surface area contributed by atoms with Crippen LogP contribution < -0.4 is 5.32 Å². The number of carbonyl (C=O) groups excluding carboxylic acids is 1. The van der Waals surface area contributed by atoms with E-state index in [1.165, 1.54) is 30.5 Å². The molecule has 98 valence electrons. The fourth-order valence-corrected chi connectivity index (χ4v) is 2.29. The molecule has 5 nitrogen and oxygen atoms in total. The molecule has 0 aliphatic carbocycles. The fourth-order valence-electron chi connectivity index (χ4n) is 1.39. The lowest BCUT2D eigenvalue weighted by molar-refractivity contribution is 0.0696. The number of carbonyl (C=O) groups is 2. The maximum Gasteiger partial charge on any atom is 0.335 e. The highest BCUT2D eigenvalue weighted by atomic mass is 79.9. The van der Waals surface area contributed by atoms with E-state index in [4.69, 9.17) is 9.52 Å². The van der Waals surface area contributed by atoms with Crippen LogP contribution in [0.4, 0.5) is 5.69 Å². The van der Waals surface area contributed by atoms with Crippen LogP contribution in [0.3, 0.4) is 0 Å². The number of benzene rings is 1. The molecule has 1 aromatic carbocycles. The average molecular weight is 389 g/mol. The first kappa shape index (κ1) is 13.8. The summed E-state index contributed by atoms with van der Waals surface area (Å²) in [6.07, 6.45) is 1.39. The number of hydrogen-bond donors (Lipinski definition) is 2. The molecule has 0 fully saturated rings. The van der Waals surface area contributed by atoms with E-state index in [-0.39, 0.29) is 11.5 Å². The molecule has 0 saturated carbocycles. The minimum Gasteiger partial charge on any atom is -0.478 e. The highest BCUT2D eigenvalue weighted by Crippen LogP contribution is 2.25. The molecule has 2 aromatic rings. The number of halogens is 2. The van der Waals surface area contributed by atoms with Crippen molar-refractivity contribution in [3.05, 3.63) is 50.8 Å². The maximum absolute atomic E-state index is 11.9. The lowest BCUT2D eigenvalue weighted by Gasteiger charge is -2.07. The number of carboxylic acids is 1. The Morgan fingerprint density at radius 2 is 1.95 bits per heavy atom. The summed E-state index contributed by atoms with van der Waals surface area (Å²) in [5, 5.41) is 11.5. The van der Waals surface area contributed by atoms with E-state index in [0.29, 0.717) is 20.4 Å². The van der Waals surface area contributed by atoms with Gasteiger partial charge in [0.25, 0.3) is 5.91 Å². The quantitative estimate of drug-likeness (QED) is 0.838. The van der Waals surface area contributed by atoms with Crippen LogP contribution in [0.15, 0.2) is 44.1 Å². The van der Waals surface area contributed by atoms with E-state index in [2.05, 4.69) is 37.2 Å². The van der Waals surface area contributed by atoms with Gasteiger partial charge < -0.3 is 14.8 Å². The molecule has 2 rings (SSSR count). The Morgan fingerprint density at radius 1 is 1.21 bits per heavy atom. The number of aromatic carboxylic acids is 1. The normalized spacial score (nSPS) is 10.2. The Hall–Kier alpha value is -1.60. The summed E-state index contributed by atoms with van der Waals surface area (Å²) >= 11 is 6.33. The van der Waals surface area contributed by atoms with Crippen molar-refractivity contribution in [2.45, 2.75) is 0 Å². The molecule has 1 heterocycles. The lowest BCUT2D eigenvalue weighted by atomic mass is 10.2. The van der Waals surface area contributed by atoms with Crippen LogP contribution in [-0.2, 0) is 0 Å². The highest BCUT2D eigenvalue weighted by molar-refractivity contribution is 9.10. The van der Waals surface area contributed by atoms with Crippen molar-refractivity contribution >= 4 is 49.4 Å². The molecule has 0 unspecified atom stereocenters. The summed E-state index contributed by atoms with van der Waals surface area (Å²) < 4.78 is 5.79. The van der Waals surface area contributed by atoms with Gasteiger partial charge in [0, 0.05) is 4.47 Å². The largest absolute Gasteiger partial charge is 0.478 e. The zero-order valence-electron chi connectivity index (χ0n) is 9.31. The Balaban J connectivity index is 2.23. The summed E-state index contributed by atoms with van der Waals surface area (Å²) in [6, 6.07) is 5.87. The van der Waals surface area contributed by atoms with E-state index < -0.39 is 5.97 Å². The molecule has 0 atom stereocenters. The van der Waals surface area contributed by atoms with Gasteiger partial charge in [-0.25, -0.2) is 4.79 Å². The first-order valence-electron chi connectivity index (χ1n) is 5.06. The van der Waals surface area contributed by atoms with Gasteiger partial charge in [0.1, 0.15) is 0 Å². The van der Waals surface area contributed by atoms with Crippen molar-refractivity contribution in [3.63, 3.8) is 0 Å². The first-order valence-corrected chi connectivity index (χ1v) is 6.65. The number of rotatable bonds is 3. The molecule has 0 aliphatic heterocycles. The average Bonchev–Trinajstić information content (AvgIpc) is 2.77. The second-order valence-corrected chi connectivity index (χ2v) is 5.14. The zero-order valence-corrected chi connectivity index (χ0v) is 12.5. The van der Waals surface area contributed by atoms with Crippen LogP contribution in [0.2, 0.25) is 0 Å². The zero-order chi connectivity index (χ0) is 14.0. The molecule has 0 radical (unpaired) electrons. The van der Waals surface area contributed by atoms with Gasteiger partial charge in [0.2, 0.25) is 0 Å². The second kappa shape index (κ2) is 5.58. The minimum atomic E-state index is -1.03. The Bertz CT molecular complexity index is 651. The van der Waals surface area contributed by atoms with E-state index in [1.54, 1.807) is 0 Å². The molecule has 19 heavy (non-hydrogen) atoms. The standard InChI is InChI=1S/C12H7Br2NO4/c13-8-5-6(12(17)18)1-2-9(8)15-11(16)7-3-4-19-10(7)14/h1-5H,(H,15,16)(H,17,18). The smallest absolute Gasteiger partial charge is 0.335 e. The van der Waals surface area contributed by atoms with E-state index in [1.807, 2.05) is 0 Å². The summed E-state index contributed by atoms with van der Waals surface area (Å²) in [4.78, 5) is 22.7. The highest BCUT2D eigenvalue weighted by Gasteiger charge is 2.14. The number of carboxylic acid groups (broad SMARTS) is 1. The number of amides is 1. The summed E-state index contributed by atoms with van der Waals surface area (Å²) in [5.74, 6) is -1.39. The molecule has 0 spiro atoms. The Morgan fingerprint density at radius 3 is 2.47 bits per heavy atom. The van der Waals surface area contributed by atoms with E-state index >= 15 is 0 Å². The number of hydrogen-bond acceptors (Lipinski definition) is 3. The summed E-state index contributed by atoms with van der Waals surface area (Å²) in [6.45, 7) is 0. The van der Waals surface area contributed by atoms with Crippen molar-refractivity contribution in [2.75, 3.05) is 5.32 Å². The third-order valence-electron chi connectivity index (χ3n) is 2.33. The molecule has 2 N–H and O–H groups in total. The Labute approximate surface area is 124 Å². The fraction of sp³-hybridized carbons (Fsp3) is 0. The van der Waals surface area contributed by atoms with Gasteiger partial charge in [0.05, 0.1) is 23.1 Å². The molecule has 7 heteroatoms. The van der Waals surface area contributed by atoms with E-state index in [9.17, 15) is 9.59 Å². The van der Waals surface area contributed by atoms with Crippen LogP contribution in [0.5, 0.6) is 0 Å². The molecule has 1 amide bonds. The van der Waals surface area contributed by atoms with Gasteiger partial charge in [-0.15, -0.1) is 0 Å². The second-order valence-electron chi connectivity index (χ2n) is 3.56. The molecular weight excluding hydrogens is 382 g/mol. The predicted octanol–water partition coefficient (Wildman–Crippen LogP) is 3.76. The predicted molar refractivity (Wildman–Crippen MR) is 75.5 cm³/mol. The van der Waals surface area contributed by atoms with Gasteiger partial charge in [-0.1, -0.05) is 0 Å². The number of nitrogens with one attached hydrogen (secondary N) is 1. The van der Waals surface area contributed by atoms with Gasteiger partial charge in [-0.2, -0.15) is 0 Å². The SMILES string of the molecule is O=C(O)c1ccc(NC(=O)c2ccoc2Br)c(Br)c1. The minimum absolute atomic E-state index is 0.134. The monoisotopic (exact) mass is 387 g/mol. The van der Waals surface area contributed by atoms with Crippen LogP contribution in [0.1, 0.15) is 20.7 Å². The van der Waals surface area contributed by atoms with Crippen LogP contribution in [-0.4, -0.2) is 17.0 Å². The molecular formula is C12H7Br2NO4. The molecule has 0 aliphatic rings. The van der Waals surface area contributed by atoms with Gasteiger partial charge in [0.15, 0.2) is 4.67 Å². The third kappa shape index (κ3) is 3.05. The van der Waals surface area contributed by atoms with Crippen molar-refractivity contribution < 1.29 is 19.1 Å². The van der Waals surface area contributed by atoms with Gasteiger partial charge in [-0.05, 0) is 56.1 Å². The van der Waals surface area contributed by atoms with Crippen molar-refractivity contribution in [3.8, 4) is 0 Å². The summed E-state index contributed by atoms with van der Waals surface area (Å²) in [7, 11) is 0. The summed E-state index contributed by atoms with van der Waals surface area (Å²) in [5.41, 5.74) is 0.965. The van der Waals surface area contributed by atoms with Gasteiger partial charge in [-0.3, -0.25) is 4.79 Å². The molecule has 1 aromatic heterocycles. The first-order chi connectivity index (χ1) is 8.99.